The molecule has 1 unspecified atom stereocenters. The van der Waals surface area contributed by atoms with Crippen LogP contribution in [0.2, 0.25) is 0 Å². The molecule has 0 saturated carbocycles. The highest BCUT2D eigenvalue weighted by atomic mass is 32.1. The lowest BCUT2D eigenvalue weighted by atomic mass is 9.95. The van der Waals surface area contributed by atoms with Crippen LogP contribution in [0.25, 0.3) is 0 Å². The molecule has 0 spiro atoms. The molecule has 1 aromatic rings. The van der Waals surface area contributed by atoms with Crippen LogP contribution in [0.4, 0.5) is 4.39 Å². The van der Waals surface area contributed by atoms with E-state index in [1.807, 2.05) is 0 Å². The fourth-order valence-electron chi connectivity index (χ4n) is 2.15. The van der Waals surface area contributed by atoms with Crippen LogP contribution in [-0.2, 0) is 9.53 Å². The Bertz CT molecular complexity index is 601. The number of benzene rings is 1. The summed E-state index contributed by atoms with van der Waals surface area (Å²) in [5.74, 6) is -0.899. The van der Waals surface area contributed by atoms with Crippen molar-refractivity contribution in [1.29, 1.82) is 0 Å². The molecule has 1 aliphatic rings. The zero-order chi connectivity index (χ0) is 14.9. The maximum atomic E-state index is 14.0. The van der Waals surface area contributed by atoms with E-state index in [9.17, 15) is 9.18 Å². The van der Waals surface area contributed by atoms with Crippen molar-refractivity contribution in [2.45, 2.75) is 13.0 Å². The van der Waals surface area contributed by atoms with E-state index in [1.54, 1.807) is 37.1 Å². The quantitative estimate of drug-likeness (QED) is 0.668. The first-order valence-corrected chi connectivity index (χ1v) is 6.46. The highest BCUT2D eigenvalue weighted by Gasteiger charge is 2.34. The van der Waals surface area contributed by atoms with E-state index in [-0.39, 0.29) is 0 Å². The molecule has 0 fully saturated rings. The summed E-state index contributed by atoms with van der Waals surface area (Å²) in [6.07, 6.45) is 0. The summed E-state index contributed by atoms with van der Waals surface area (Å²) in [4.78, 5) is 13.7. The zero-order valence-corrected chi connectivity index (χ0v) is 12.3. The monoisotopic (exact) mass is 294 g/mol. The Kier molecular flexibility index (Phi) is 4.04. The van der Waals surface area contributed by atoms with Gasteiger partial charge in [-0.15, -0.1) is 0 Å². The molecular formula is C14H15FN2O2S. The minimum atomic E-state index is -0.646. The number of allylic oxidation sites excluding steroid dienone is 1. The Morgan fingerprint density at radius 1 is 1.45 bits per heavy atom. The van der Waals surface area contributed by atoms with E-state index >= 15 is 0 Å². The number of hydrogen-bond donors (Lipinski definition) is 1. The molecule has 1 N–H and O–H groups in total. The predicted octanol–water partition coefficient (Wildman–Crippen LogP) is 2.13. The molecule has 0 aliphatic carbocycles. The van der Waals surface area contributed by atoms with Crippen molar-refractivity contribution in [2.75, 3.05) is 14.2 Å². The second kappa shape index (κ2) is 5.58. The Morgan fingerprint density at radius 3 is 2.70 bits per heavy atom. The molecule has 0 saturated heterocycles. The Hall–Kier alpha value is -1.95. The number of carbonyl (C=O) groups excluding carboxylic acids is 1. The van der Waals surface area contributed by atoms with E-state index in [2.05, 4.69) is 5.32 Å². The van der Waals surface area contributed by atoms with E-state index < -0.39 is 17.8 Å². The molecule has 106 valence electrons. The second-order valence-corrected chi connectivity index (χ2v) is 4.84. The first kappa shape index (κ1) is 14.5. The van der Waals surface area contributed by atoms with Gasteiger partial charge in [-0.25, -0.2) is 9.18 Å². The van der Waals surface area contributed by atoms with Gasteiger partial charge in [0.2, 0.25) is 0 Å². The molecule has 1 aliphatic heterocycles. The molecule has 1 heterocycles. The van der Waals surface area contributed by atoms with Gasteiger partial charge in [0.05, 0.1) is 18.7 Å². The van der Waals surface area contributed by atoms with Crippen LogP contribution < -0.4 is 5.32 Å². The number of nitrogens with zero attached hydrogens (tertiary/aromatic N) is 1. The van der Waals surface area contributed by atoms with E-state index in [4.69, 9.17) is 17.0 Å². The Balaban J connectivity index is 2.58. The van der Waals surface area contributed by atoms with Crippen LogP contribution in [0.15, 0.2) is 35.5 Å². The average Bonchev–Trinajstić information content (AvgIpc) is 2.44. The van der Waals surface area contributed by atoms with E-state index in [0.717, 1.165) is 0 Å². The van der Waals surface area contributed by atoms with Crippen molar-refractivity contribution >= 4 is 23.3 Å². The number of thiocarbonyl (C=S) groups is 1. The van der Waals surface area contributed by atoms with Crippen LogP contribution >= 0.6 is 12.2 Å². The van der Waals surface area contributed by atoms with Gasteiger partial charge in [0.15, 0.2) is 5.11 Å². The van der Waals surface area contributed by atoms with Gasteiger partial charge < -0.3 is 15.0 Å². The highest BCUT2D eigenvalue weighted by Crippen LogP contribution is 2.31. The van der Waals surface area contributed by atoms with Crippen LogP contribution in [0.1, 0.15) is 18.5 Å². The summed E-state index contributed by atoms with van der Waals surface area (Å²) in [6, 6.07) is 5.64. The van der Waals surface area contributed by atoms with Gasteiger partial charge in [-0.1, -0.05) is 18.2 Å². The van der Waals surface area contributed by atoms with E-state index in [0.29, 0.717) is 21.9 Å². The molecule has 2 rings (SSSR count). The third kappa shape index (κ3) is 2.38. The number of ether oxygens (including phenoxy) is 1. The van der Waals surface area contributed by atoms with Gasteiger partial charge in [-0.2, -0.15) is 0 Å². The van der Waals surface area contributed by atoms with Crippen molar-refractivity contribution in [3.63, 3.8) is 0 Å². The maximum absolute atomic E-state index is 14.0. The lowest BCUT2D eigenvalue weighted by Crippen LogP contribution is -2.46. The molecular weight excluding hydrogens is 279 g/mol. The van der Waals surface area contributed by atoms with Crippen LogP contribution in [0.5, 0.6) is 0 Å². The van der Waals surface area contributed by atoms with Gasteiger partial charge in [0.1, 0.15) is 5.82 Å². The van der Waals surface area contributed by atoms with Crippen LogP contribution in [0, 0.1) is 5.82 Å². The molecule has 1 aromatic carbocycles. The molecule has 4 nitrogen and oxygen atoms in total. The standard InChI is InChI=1S/C14H15FN2O2S/c1-8-11(13(18)19-3)12(16-14(20)17(8)2)9-6-4-5-7-10(9)15/h4-7,12H,1-3H3,(H,16,20). The summed E-state index contributed by atoms with van der Waals surface area (Å²) in [6.45, 7) is 1.76. The van der Waals surface area contributed by atoms with Crippen molar-refractivity contribution in [3.8, 4) is 0 Å². The van der Waals surface area contributed by atoms with Crippen LogP contribution in [-0.4, -0.2) is 30.1 Å². The van der Waals surface area contributed by atoms with Gasteiger partial charge in [0.25, 0.3) is 0 Å². The Labute approximate surface area is 122 Å². The number of halogens is 1. The summed E-state index contributed by atoms with van der Waals surface area (Å²) < 4.78 is 18.8. The summed E-state index contributed by atoms with van der Waals surface area (Å²) in [7, 11) is 3.04. The third-order valence-electron chi connectivity index (χ3n) is 3.38. The molecule has 20 heavy (non-hydrogen) atoms. The van der Waals surface area contributed by atoms with Gasteiger partial charge >= 0.3 is 5.97 Å². The highest BCUT2D eigenvalue weighted by molar-refractivity contribution is 7.80. The minimum Gasteiger partial charge on any atom is -0.466 e. The maximum Gasteiger partial charge on any atom is 0.337 e. The number of hydrogen-bond acceptors (Lipinski definition) is 3. The van der Waals surface area contributed by atoms with Gasteiger partial charge in [-0.3, -0.25) is 0 Å². The van der Waals surface area contributed by atoms with Crippen molar-refractivity contribution < 1.29 is 13.9 Å². The fourth-order valence-corrected chi connectivity index (χ4v) is 2.41. The summed E-state index contributed by atoms with van der Waals surface area (Å²) in [5.41, 5.74) is 1.37. The smallest absolute Gasteiger partial charge is 0.337 e. The van der Waals surface area contributed by atoms with Crippen LogP contribution in [0.3, 0.4) is 0 Å². The number of nitrogens with one attached hydrogen (secondary N) is 1. The SMILES string of the molecule is COC(=O)C1=C(C)N(C)C(=S)NC1c1ccccc1F. The third-order valence-corrected chi connectivity index (χ3v) is 3.77. The number of methoxy groups -OCH3 is 1. The zero-order valence-electron chi connectivity index (χ0n) is 11.4. The average molecular weight is 294 g/mol. The largest absolute Gasteiger partial charge is 0.466 e. The van der Waals surface area contributed by atoms with Crippen molar-refractivity contribution in [1.82, 2.24) is 10.2 Å². The fraction of sp³-hybridized carbons (Fsp3) is 0.286. The van der Waals surface area contributed by atoms with Gasteiger partial charge in [0, 0.05) is 18.3 Å². The number of esters is 1. The molecule has 6 heteroatoms. The van der Waals surface area contributed by atoms with Crippen molar-refractivity contribution in [3.05, 3.63) is 46.9 Å². The lowest BCUT2D eigenvalue weighted by molar-refractivity contribution is -0.136. The molecule has 1 atom stereocenters. The first-order valence-electron chi connectivity index (χ1n) is 6.05. The summed E-state index contributed by atoms with van der Waals surface area (Å²) in [5, 5.41) is 3.41. The van der Waals surface area contributed by atoms with Crippen molar-refractivity contribution in [2.24, 2.45) is 0 Å². The Morgan fingerprint density at radius 2 is 2.10 bits per heavy atom. The normalized spacial score (nSPS) is 18.9. The van der Waals surface area contributed by atoms with E-state index in [1.165, 1.54) is 13.2 Å². The number of carbonyl (C=O) groups is 1. The topological polar surface area (TPSA) is 41.6 Å². The molecule has 0 radical (unpaired) electrons. The predicted molar refractivity (Wildman–Crippen MR) is 77.4 cm³/mol. The minimum absolute atomic E-state index is 0.355. The summed E-state index contributed by atoms with van der Waals surface area (Å²) >= 11 is 5.21. The van der Waals surface area contributed by atoms with Gasteiger partial charge in [-0.05, 0) is 25.2 Å². The number of rotatable bonds is 2. The lowest BCUT2D eigenvalue weighted by Gasteiger charge is -2.35. The first-order chi connectivity index (χ1) is 9.47. The molecule has 0 aromatic heterocycles. The molecule has 0 amide bonds. The molecule has 0 bridgehead atoms. The second-order valence-electron chi connectivity index (χ2n) is 4.45.